The van der Waals surface area contributed by atoms with Crippen LogP contribution in [0.25, 0.3) is 72.0 Å². The number of rotatable bonds is 7. The van der Waals surface area contributed by atoms with Gasteiger partial charge in [0.1, 0.15) is 0 Å². The minimum Gasteiger partial charge on any atom is -0.309 e. The Balaban J connectivity index is 0.997. The first-order chi connectivity index (χ1) is 32.0. The number of hydrogen-bond donors (Lipinski definition) is 0. The molecule has 0 unspecified atom stereocenters. The largest absolute Gasteiger partial charge is 0.309 e. The Hall–Kier alpha value is -8.94. The van der Waals surface area contributed by atoms with Gasteiger partial charge in [-0.05, 0) is 94.0 Å². The van der Waals surface area contributed by atoms with Crippen molar-refractivity contribution in [3.8, 4) is 50.2 Å². The van der Waals surface area contributed by atoms with Crippen LogP contribution in [0.1, 0.15) is 41.4 Å². The Bertz CT molecular complexity index is 3410. The lowest BCUT2D eigenvalue weighted by molar-refractivity contribution is 0.0910. The number of benzene rings is 9. The van der Waals surface area contributed by atoms with E-state index in [2.05, 4.69) is 41.0 Å². The molecule has 0 saturated carbocycles. The normalized spacial score (nSPS) is 13.3. The highest BCUT2D eigenvalue weighted by atomic mass is 16.2. The maximum absolute atomic E-state index is 14.6. The van der Waals surface area contributed by atoms with Gasteiger partial charge in [0.05, 0.1) is 44.7 Å². The molecule has 7 heteroatoms. The van der Waals surface area contributed by atoms with Crippen LogP contribution in [0.3, 0.4) is 0 Å². The molecule has 10 aromatic rings. The van der Waals surface area contributed by atoms with E-state index in [0.717, 1.165) is 60.9 Å². The van der Waals surface area contributed by atoms with Crippen molar-refractivity contribution in [1.29, 1.82) is 0 Å². The van der Waals surface area contributed by atoms with Gasteiger partial charge in [0.2, 0.25) is 0 Å². The molecule has 2 aliphatic heterocycles. The van der Waals surface area contributed by atoms with Crippen LogP contribution in [-0.4, -0.2) is 28.2 Å². The SMILES string of the molecule is O=C1c2cccc(-c3ccc4c(c3)c3cc(-c5cccc6c5C(=O)N(c5ccccc5-c5ccccc5)C6=O)ccc3n4-c3ccccc3)c2C(=O)N1c1ccccc1-c1ccccc1. The van der Waals surface area contributed by atoms with Gasteiger partial charge in [0, 0.05) is 27.6 Å². The zero-order chi connectivity index (χ0) is 43.8. The summed E-state index contributed by atoms with van der Waals surface area (Å²) in [4.78, 5) is 60.4. The van der Waals surface area contributed by atoms with E-state index in [1.54, 1.807) is 12.1 Å². The first-order valence-corrected chi connectivity index (χ1v) is 21.4. The van der Waals surface area contributed by atoms with E-state index in [9.17, 15) is 19.2 Å². The Morgan fingerprint density at radius 1 is 0.277 bits per heavy atom. The van der Waals surface area contributed by atoms with Crippen molar-refractivity contribution in [2.45, 2.75) is 0 Å². The molecule has 0 saturated heterocycles. The summed E-state index contributed by atoms with van der Waals surface area (Å²) in [5.41, 5.74) is 11.6. The van der Waals surface area contributed by atoms with Crippen molar-refractivity contribution in [2.24, 2.45) is 0 Å². The average Bonchev–Trinajstić information content (AvgIpc) is 3.93. The molecule has 12 rings (SSSR count). The summed E-state index contributed by atoms with van der Waals surface area (Å²) < 4.78 is 2.21. The summed E-state index contributed by atoms with van der Waals surface area (Å²) in [6.07, 6.45) is 0. The minimum atomic E-state index is -0.379. The molecule has 2 aliphatic rings. The van der Waals surface area contributed by atoms with Crippen LogP contribution in [0.5, 0.6) is 0 Å². The Morgan fingerprint density at radius 2 is 0.646 bits per heavy atom. The third-order valence-electron chi connectivity index (χ3n) is 12.7. The molecule has 7 nitrogen and oxygen atoms in total. The van der Waals surface area contributed by atoms with Gasteiger partial charge in [-0.15, -0.1) is 0 Å². The first-order valence-electron chi connectivity index (χ1n) is 21.4. The molecular formula is C58H35N3O4. The van der Waals surface area contributed by atoms with E-state index in [1.807, 2.05) is 164 Å². The standard InChI is InChI=1S/C58H35N3O4/c62-55-45-26-14-24-43(53(45)57(64)60(55)49-28-12-10-22-41(49)36-16-4-1-5-17-36)38-30-32-51-47(34-38)48-35-39(31-33-52(48)59(51)40-20-8-3-9-21-40)44-25-15-27-46-54(44)58(65)61(56(46)63)50-29-13-11-23-42(50)37-18-6-2-7-19-37/h1-35H. The molecule has 0 spiro atoms. The molecule has 9 aromatic carbocycles. The van der Waals surface area contributed by atoms with Crippen molar-refractivity contribution in [1.82, 2.24) is 4.57 Å². The van der Waals surface area contributed by atoms with Crippen LogP contribution in [0.2, 0.25) is 0 Å². The van der Waals surface area contributed by atoms with Crippen LogP contribution in [-0.2, 0) is 0 Å². The molecule has 65 heavy (non-hydrogen) atoms. The molecule has 0 N–H and O–H groups in total. The topological polar surface area (TPSA) is 79.7 Å². The van der Waals surface area contributed by atoms with Gasteiger partial charge < -0.3 is 4.57 Å². The first kappa shape index (κ1) is 37.8. The van der Waals surface area contributed by atoms with E-state index in [-0.39, 0.29) is 23.6 Å². The fourth-order valence-corrected chi connectivity index (χ4v) is 9.76. The van der Waals surface area contributed by atoms with Gasteiger partial charge in [0.25, 0.3) is 23.6 Å². The van der Waals surface area contributed by atoms with Crippen molar-refractivity contribution in [3.63, 3.8) is 0 Å². The molecule has 3 heterocycles. The Morgan fingerprint density at radius 3 is 1.09 bits per heavy atom. The summed E-state index contributed by atoms with van der Waals surface area (Å²) in [6.45, 7) is 0. The maximum Gasteiger partial charge on any atom is 0.266 e. The third kappa shape index (κ3) is 5.83. The molecule has 0 bridgehead atoms. The smallest absolute Gasteiger partial charge is 0.266 e. The molecule has 0 fully saturated rings. The van der Waals surface area contributed by atoms with Crippen molar-refractivity contribution < 1.29 is 19.2 Å². The van der Waals surface area contributed by atoms with Gasteiger partial charge in [-0.1, -0.05) is 152 Å². The lowest BCUT2D eigenvalue weighted by Gasteiger charge is -2.18. The second-order valence-electron chi connectivity index (χ2n) is 16.2. The van der Waals surface area contributed by atoms with Gasteiger partial charge in [0.15, 0.2) is 0 Å². The quantitative estimate of drug-likeness (QED) is 0.150. The van der Waals surface area contributed by atoms with Crippen LogP contribution >= 0.6 is 0 Å². The summed E-state index contributed by atoms with van der Waals surface area (Å²) in [5.74, 6) is -1.49. The molecule has 0 atom stereocenters. The number of para-hydroxylation sites is 3. The molecule has 306 valence electrons. The number of aromatic nitrogens is 1. The van der Waals surface area contributed by atoms with Crippen molar-refractivity contribution in [3.05, 3.63) is 235 Å². The van der Waals surface area contributed by atoms with Crippen molar-refractivity contribution >= 4 is 56.8 Å². The van der Waals surface area contributed by atoms with Crippen LogP contribution < -0.4 is 9.80 Å². The summed E-state index contributed by atoms with van der Waals surface area (Å²) in [6, 6.07) is 67.8. The third-order valence-corrected chi connectivity index (χ3v) is 12.7. The minimum absolute atomic E-state index is 0.349. The molecule has 4 amide bonds. The van der Waals surface area contributed by atoms with Gasteiger partial charge in [-0.2, -0.15) is 0 Å². The summed E-state index contributed by atoms with van der Waals surface area (Å²) in [7, 11) is 0. The number of carbonyl (C=O) groups excluding carboxylic acids is 4. The number of nitrogens with zero attached hydrogens (tertiary/aromatic N) is 3. The number of amides is 4. The fourth-order valence-electron chi connectivity index (χ4n) is 9.76. The molecular weight excluding hydrogens is 803 g/mol. The zero-order valence-corrected chi connectivity index (χ0v) is 34.7. The number of hydrogen-bond acceptors (Lipinski definition) is 4. The average molecular weight is 838 g/mol. The lowest BCUT2D eigenvalue weighted by Crippen LogP contribution is -2.30. The molecule has 1 aromatic heterocycles. The monoisotopic (exact) mass is 837 g/mol. The Labute approximate surface area is 373 Å². The zero-order valence-electron chi connectivity index (χ0n) is 34.7. The van der Waals surface area contributed by atoms with Gasteiger partial charge in [-0.3, -0.25) is 19.2 Å². The lowest BCUT2D eigenvalue weighted by atomic mass is 9.94. The fraction of sp³-hybridized carbons (Fsp3) is 0. The van der Waals surface area contributed by atoms with E-state index in [1.165, 1.54) is 9.80 Å². The molecule has 0 aliphatic carbocycles. The highest BCUT2D eigenvalue weighted by molar-refractivity contribution is 6.38. The van der Waals surface area contributed by atoms with Crippen molar-refractivity contribution in [2.75, 3.05) is 9.80 Å². The van der Waals surface area contributed by atoms with E-state index < -0.39 is 0 Å². The highest BCUT2D eigenvalue weighted by Crippen LogP contribution is 2.44. The molecule has 0 radical (unpaired) electrons. The second-order valence-corrected chi connectivity index (χ2v) is 16.2. The van der Waals surface area contributed by atoms with E-state index in [0.29, 0.717) is 44.8 Å². The number of imide groups is 2. The van der Waals surface area contributed by atoms with Gasteiger partial charge in [-0.25, -0.2) is 9.80 Å². The second kappa shape index (κ2) is 14.9. The Kier molecular flexibility index (Phi) is 8.64. The van der Waals surface area contributed by atoms with Crippen LogP contribution in [0.4, 0.5) is 11.4 Å². The van der Waals surface area contributed by atoms with Gasteiger partial charge >= 0.3 is 0 Å². The maximum atomic E-state index is 14.6. The number of anilines is 2. The predicted molar refractivity (Wildman–Crippen MR) is 258 cm³/mol. The van der Waals surface area contributed by atoms with E-state index in [4.69, 9.17) is 0 Å². The van der Waals surface area contributed by atoms with Crippen LogP contribution in [0.15, 0.2) is 212 Å². The predicted octanol–water partition coefficient (Wildman–Crippen LogP) is 13.1. The number of fused-ring (bicyclic) bond motifs is 5. The number of carbonyl (C=O) groups is 4. The summed E-state index contributed by atoms with van der Waals surface area (Å²) in [5, 5.41) is 1.83. The highest BCUT2D eigenvalue weighted by Gasteiger charge is 2.41. The van der Waals surface area contributed by atoms with Crippen LogP contribution in [0, 0.1) is 0 Å². The summed E-state index contributed by atoms with van der Waals surface area (Å²) >= 11 is 0. The van der Waals surface area contributed by atoms with E-state index >= 15 is 0 Å².